The van der Waals surface area contributed by atoms with Gasteiger partial charge in [-0.3, -0.25) is 0 Å². The lowest BCUT2D eigenvalue weighted by molar-refractivity contribution is -0.286. The number of hydrogen-bond donors (Lipinski definition) is 8. The molecule has 2 rings (SSSR count). The third-order valence-electron chi connectivity index (χ3n) is 4.55. The molecule has 2 heterocycles. The molecule has 2 aliphatic heterocycles. The van der Waals surface area contributed by atoms with Crippen LogP contribution in [0.3, 0.4) is 0 Å². The van der Waals surface area contributed by atoms with Gasteiger partial charge in [0.1, 0.15) is 30.5 Å². The molecule has 0 aromatic heterocycles. The van der Waals surface area contributed by atoms with Crippen LogP contribution in [0, 0.1) is 5.92 Å². The van der Waals surface area contributed by atoms with Gasteiger partial charge in [-0.2, -0.15) is 0 Å². The van der Waals surface area contributed by atoms with Gasteiger partial charge in [-0.1, -0.05) is 0 Å². The zero-order valence-corrected chi connectivity index (χ0v) is 12.3. The van der Waals surface area contributed by atoms with Gasteiger partial charge in [0.2, 0.25) is 0 Å². The number of rotatable bonds is 4. The smallest absolute Gasteiger partial charge is 0.183 e. The molecule has 0 aromatic carbocycles. The van der Waals surface area contributed by atoms with E-state index >= 15 is 0 Å². The van der Waals surface area contributed by atoms with Crippen LogP contribution >= 0.6 is 0 Å². The van der Waals surface area contributed by atoms with Crippen molar-refractivity contribution in [2.24, 2.45) is 5.92 Å². The lowest BCUT2D eigenvalue weighted by atomic mass is 9.81. The predicted molar refractivity (Wildman–Crippen MR) is 71.9 cm³/mol. The van der Waals surface area contributed by atoms with Crippen molar-refractivity contribution in [3.63, 3.8) is 0 Å². The van der Waals surface area contributed by atoms with Crippen molar-refractivity contribution < 1.29 is 50.3 Å². The largest absolute Gasteiger partial charge is 0.394 e. The van der Waals surface area contributed by atoms with Crippen molar-refractivity contribution in [3.05, 3.63) is 0 Å². The van der Waals surface area contributed by atoms with Crippen LogP contribution < -0.4 is 0 Å². The molecule has 0 saturated carbocycles. The number of aliphatic hydroxyl groups is 8. The Hall–Kier alpha value is -0.400. The van der Waals surface area contributed by atoms with Crippen LogP contribution in [0.25, 0.3) is 0 Å². The van der Waals surface area contributed by atoms with Gasteiger partial charge >= 0.3 is 0 Å². The van der Waals surface area contributed by atoms with Crippen molar-refractivity contribution in [1.29, 1.82) is 0 Å². The fourth-order valence-corrected chi connectivity index (χ4v) is 3.11. The van der Waals surface area contributed by atoms with Crippen molar-refractivity contribution in [1.82, 2.24) is 0 Å². The van der Waals surface area contributed by atoms with Crippen LogP contribution in [0.4, 0.5) is 0 Å². The van der Waals surface area contributed by atoms with E-state index in [9.17, 15) is 35.7 Å². The first-order valence-electron chi connectivity index (χ1n) is 7.42. The van der Waals surface area contributed by atoms with E-state index in [2.05, 4.69) is 0 Å². The Kier molecular flexibility index (Phi) is 6.30. The maximum Gasteiger partial charge on any atom is 0.183 e. The Bertz CT molecular complexity index is 378. The van der Waals surface area contributed by atoms with Crippen LogP contribution in [0.2, 0.25) is 0 Å². The lowest BCUT2D eigenvalue weighted by Crippen LogP contribution is -2.61. The van der Waals surface area contributed by atoms with E-state index in [-0.39, 0.29) is 6.42 Å². The summed E-state index contributed by atoms with van der Waals surface area (Å²) < 4.78 is 10.3. The summed E-state index contributed by atoms with van der Waals surface area (Å²) in [6, 6.07) is 0. The van der Waals surface area contributed by atoms with Crippen LogP contribution in [-0.2, 0) is 9.47 Å². The third-order valence-corrected chi connectivity index (χ3v) is 4.55. The highest BCUT2D eigenvalue weighted by atomic mass is 16.6. The minimum Gasteiger partial charge on any atom is -0.394 e. The van der Waals surface area contributed by atoms with Crippen LogP contribution in [0.1, 0.15) is 6.42 Å². The minimum atomic E-state index is -1.66. The van der Waals surface area contributed by atoms with Gasteiger partial charge in [-0.25, -0.2) is 0 Å². The van der Waals surface area contributed by atoms with Gasteiger partial charge in [-0.05, 0) is 6.42 Å². The number of ether oxygens (including phenoxy) is 2. The van der Waals surface area contributed by atoms with E-state index in [1.165, 1.54) is 0 Å². The second-order valence-electron chi connectivity index (χ2n) is 6.00. The summed E-state index contributed by atoms with van der Waals surface area (Å²) in [5.74, 6) is -0.903. The van der Waals surface area contributed by atoms with E-state index in [4.69, 9.17) is 14.6 Å². The molecular weight excluding hydrogens is 316 g/mol. The Morgan fingerprint density at radius 3 is 1.70 bits per heavy atom. The van der Waals surface area contributed by atoms with Crippen molar-refractivity contribution in [3.8, 4) is 0 Å². The normalized spacial score (nSPS) is 51.7. The molecule has 0 amide bonds. The molecule has 10 unspecified atom stereocenters. The topological polar surface area (TPSA) is 180 Å². The fourth-order valence-electron chi connectivity index (χ4n) is 3.11. The maximum atomic E-state index is 10.1. The fraction of sp³-hybridized carbons (Fsp3) is 1.00. The first-order valence-corrected chi connectivity index (χ1v) is 7.42. The number of hydrogen-bond acceptors (Lipinski definition) is 10. The molecule has 0 bridgehead atoms. The summed E-state index contributed by atoms with van der Waals surface area (Å²) in [7, 11) is 0. The predicted octanol–water partition coefficient (Wildman–Crippen LogP) is -4.73. The quantitative estimate of drug-likeness (QED) is 0.247. The van der Waals surface area contributed by atoms with E-state index in [0.717, 1.165) is 0 Å². The summed E-state index contributed by atoms with van der Waals surface area (Å²) >= 11 is 0. The van der Waals surface area contributed by atoms with E-state index in [1.807, 2.05) is 0 Å². The van der Waals surface area contributed by atoms with Gasteiger partial charge in [-0.15, -0.1) is 0 Å². The SMILES string of the molecule is OCC1OC(CC2C(CO)OC(O)C(O)C2O)C(O)C(O)C1O. The highest BCUT2D eigenvalue weighted by Crippen LogP contribution is 2.33. The Morgan fingerprint density at radius 2 is 1.13 bits per heavy atom. The number of aliphatic hydroxyl groups excluding tert-OH is 8. The van der Waals surface area contributed by atoms with E-state index in [0.29, 0.717) is 0 Å². The van der Waals surface area contributed by atoms with Crippen molar-refractivity contribution in [2.45, 2.75) is 61.5 Å². The van der Waals surface area contributed by atoms with Gasteiger partial charge in [0.25, 0.3) is 0 Å². The molecule has 0 spiro atoms. The minimum absolute atomic E-state index is 0.141. The molecule has 10 heteroatoms. The molecular formula is C13H24O10. The Balaban J connectivity index is 2.11. The molecule has 0 aliphatic carbocycles. The zero-order chi connectivity index (χ0) is 17.3. The van der Waals surface area contributed by atoms with Gasteiger partial charge in [0.05, 0.1) is 31.5 Å². The van der Waals surface area contributed by atoms with E-state index in [1.54, 1.807) is 0 Å². The van der Waals surface area contributed by atoms with Gasteiger partial charge < -0.3 is 50.3 Å². The second-order valence-corrected chi connectivity index (χ2v) is 6.00. The molecule has 2 saturated heterocycles. The summed E-state index contributed by atoms with van der Waals surface area (Å²) in [5.41, 5.74) is 0. The molecule has 2 aliphatic rings. The van der Waals surface area contributed by atoms with Gasteiger partial charge in [0, 0.05) is 5.92 Å². The molecule has 10 nitrogen and oxygen atoms in total. The molecule has 0 aromatic rings. The van der Waals surface area contributed by atoms with Crippen molar-refractivity contribution >= 4 is 0 Å². The summed E-state index contributed by atoms with van der Waals surface area (Å²) in [6.45, 7) is -1.14. The molecule has 10 atom stereocenters. The summed E-state index contributed by atoms with van der Waals surface area (Å²) in [5, 5.41) is 77.1. The van der Waals surface area contributed by atoms with Crippen LogP contribution in [0.15, 0.2) is 0 Å². The summed E-state index contributed by atoms with van der Waals surface area (Å²) in [4.78, 5) is 0. The van der Waals surface area contributed by atoms with Crippen molar-refractivity contribution in [2.75, 3.05) is 13.2 Å². The first-order chi connectivity index (χ1) is 10.8. The molecule has 8 N–H and O–H groups in total. The maximum absolute atomic E-state index is 10.1. The van der Waals surface area contributed by atoms with Crippen LogP contribution in [0.5, 0.6) is 0 Å². The first kappa shape index (κ1) is 18.9. The van der Waals surface area contributed by atoms with Crippen LogP contribution in [-0.4, -0.2) is 109 Å². The Labute approximate surface area is 132 Å². The Morgan fingerprint density at radius 1 is 0.565 bits per heavy atom. The molecule has 0 radical (unpaired) electrons. The monoisotopic (exact) mass is 340 g/mol. The highest BCUT2D eigenvalue weighted by molar-refractivity contribution is 4.96. The second kappa shape index (κ2) is 7.66. The standard InChI is InChI=1S/C13H24O10/c14-2-6-4(8(16)12(20)13(21)23-6)1-5-9(17)11(19)10(18)7(3-15)22-5/h4-21H,1-3H2. The molecule has 2 fully saturated rings. The summed E-state index contributed by atoms with van der Waals surface area (Å²) in [6.07, 6.45) is -12.6. The molecule has 136 valence electrons. The average Bonchev–Trinajstić information content (AvgIpc) is 2.55. The highest BCUT2D eigenvalue weighted by Gasteiger charge is 2.49. The van der Waals surface area contributed by atoms with E-state index < -0.39 is 74.3 Å². The lowest BCUT2D eigenvalue weighted by Gasteiger charge is -2.45. The third kappa shape index (κ3) is 3.66. The molecule has 23 heavy (non-hydrogen) atoms. The van der Waals surface area contributed by atoms with Gasteiger partial charge in [0.15, 0.2) is 6.29 Å². The zero-order valence-electron chi connectivity index (χ0n) is 12.3. The average molecular weight is 340 g/mol.